The summed E-state index contributed by atoms with van der Waals surface area (Å²) in [7, 11) is 0. The van der Waals surface area contributed by atoms with Crippen LogP contribution in [-0.4, -0.2) is 35.9 Å². The molecule has 0 saturated carbocycles. The molecular formula is C13H18N2O4S. The number of carboxylic acids is 1. The number of amides is 2. The number of hydrogen-bond donors (Lipinski definition) is 3. The summed E-state index contributed by atoms with van der Waals surface area (Å²) in [4.78, 5) is 23.8. The highest BCUT2D eigenvalue weighted by atomic mass is 32.1. The molecule has 0 aliphatic carbocycles. The number of aliphatic carboxylic acids is 1. The van der Waals surface area contributed by atoms with Gasteiger partial charge in [0, 0.05) is 11.5 Å². The van der Waals surface area contributed by atoms with Gasteiger partial charge in [0.1, 0.15) is 0 Å². The molecule has 2 amide bonds. The largest absolute Gasteiger partial charge is 0.479 e. The Morgan fingerprint density at radius 3 is 2.90 bits per heavy atom. The van der Waals surface area contributed by atoms with E-state index in [1.165, 1.54) is 11.3 Å². The standard InChI is InChI=1S/C13H18N2O4S/c1-13(5-3-6-19-8-13)15-12(18)14-10(11(16)17)9-4-2-7-20-9/h2,4,7,10H,3,5-6,8H2,1H3,(H,16,17)(H2,14,15,18). The lowest BCUT2D eigenvalue weighted by atomic mass is 9.95. The Bertz CT molecular complexity index is 469. The van der Waals surface area contributed by atoms with Gasteiger partial charge in [0.15, 0.2) is 6.04 Å². The van der Waals surface area contributed by atoms with Gasteiger partial charge in [-0.15, -0.1) is 11.3 Å². The third-order valence-corrected chi connectivity index (χ3v) is 4.14. The van der Waals surface area contributed by atoms with Crippen LogP contribution in [0.1, 0.15) is 30.7 Å². The van der Waals surface area contributed by atoms with Crippen LogP contribution in [0.15, 0.2) is 17.5 Å². The summed E-state index contributed by atoms with van der Waals surface area (Å²) < 4.78 is 5.35. The molecule has 20 heavy (non-hydrogen) atoms. The van der Waals surface area contributed by atoms with E-state index in [9.17, 15) is 14.7 Å². The Kier molecular flexibility index (Phi) is 4.61. The molecule has 6 nitrogen and oxygen atoms in total. The number of rotatable bonds is 4. The fraction of sp³-hybridized carbons (Fsp3) is 0.538. The van der Waals surface area contributed by atoms with Gasteiger partial charge < -0.3 is 20.5 Å². The van der Waals surface area contributed by atoms with Crippen molar-refractivity contribution in [2.45, 2.75) is 31.3 Å². The second-order valence-corrected chi connectivity index (χ2v) is 6.08. The Balaban J connectivity index is 1.97. The molecule has 1 aromatic heterocycles. The lowest BCUT2D eigenvalue weighted by molar-refractivity contribution is -0.139. The minimum Gasteiger partial charge on any atom is -0.479 e. The monoisotopic (exact) mass is 298 g/mol. The van der Waals surface area contributed by atoms with Crippen LogP contribution in [-0.2, 0) is 9.53 Å². The van der Waals surface area contributed by atoms with Gasteiger partial charge in [-0.25, -0.2) is 9.59 Å². The van der Waals surface area contributed by atoms with E-state index < -0.39 is 23.6 Å². The number of carboxylic acid groups (broad SMARTS) is 1. The third-order valence-electron chi connectivity index (χ3n) is 3.20. The summed E-state index contributed by atoms with van der Waals surface area (Å²) >= 11 is 1.30. The van der Waals surface area contributed by atoms with Crippen molar-refractivity contribution in [3.05, 3.63) is 22.4 Å². The Morgan fingerprint density at radius 2 is 2.35 bits per heavy atom. The van der Waals surface area contributed by atoms with Gasteiger partial charge in [0.2, 0.25) is 0 Å². The number of hydrogen-bond acceptors (Lipinski definition) is 4. The fourth-order valence-corrected chi connectivity index (χ4v) is 2.95. The summed E-state index contributed by atoms with van der Waals surface area (Å²) in [5, 5.41) is 16.3. The van der Waals surface area contributed by atoms with Crippen LogP contribution in [0.5, 0.6) is 0 Å². The molecule has 1 saturated heterocycles. The lowest BCUT2D eigenvalue weighted by Crippen LogP contribution is -2.55. The highest BCUT2D eigenvalue weighted by Gasteiger charge is 2.31. The molecule has 1 aromatic rings. The van der Waals surface area contributed by atoms with Crippen LogP contribution in [0, 0.1) is 0 Å². The van der Waals surface area contributed by atoms with Crippen LogP contribution in [0.2, 0.25) is 0 Å². The van der Waals surface area contributed by atoms with Gasteiger partial charge in [-0.05, 0) is 31.2 Å². The van der Waals surface area contributed by atoms with Crippen molar-refractivity contribution in [2.75, 3.05) is 13.2 Å². The molecule has 2 rings (SSSR count). The van der Waals surface area contributed by atoms with Gasteiger partial charge in [-0.2, -0.15) is 0 Å². The number of carbonyl (C=O) groups is 2. The second kappa shape index (κ2) is 6.23. The van der Waals surface area contributed by atoms with Crippen molar-refractivity contribution in [2.24, 2.45) is 0 Å². The summed E-state index contributed by atoms with van der Waals surface area (Å²) in [5.74, 6) is -1.08. The summed E-state index contributed by atoms with van der Waals surface area (Å²) in [6.07, 6.45) is 1.70. The number of thiophene rings is 1. The summed E-state index contributed by atoms with van der Waals surface area (Å²) in [6, 6.07) is 1.93. The first-order valence-electron chi connectivity index (χ1n) is 6.43. The van der Waals surface area contributed by atoms with Gasteiger partial charge in [0.25, 0.3) is 0 Å². The molecule has 1 aliphatic rings. The summed E-state index contributed by atoms with van der Waals surface area (Å²) in [6.45, 7) is 3.04. The van der Waals surface area contributed by atoms with Crippen molar-refractivity contribution in [1.29, 1.82) is 0 Å². The molecule has 2 atom stereocenters. The molecule has 2 unspecified atom stereocenters. The maximum Gasteiger partial charge on any atom is 0.331 e. The predicted octanol–water partition coefficient (Wildman–Crippen LogP) is 1.74. The molecule has 1 aliphatic heterocycles. The first-order valence-corrected chi connectivity index (χ1v) is 7.31. The zero-order valence-electron chi connectivity index (χ0n) is 11.2. The van der Waals surface area contributed by atoms with E-state index in [0.29, 0.717) is 18.1 Å². The highest BCUT2D eigenvalue weighted by Crippen LogP contribution is 2.21. The van der Waals surface area contributed by atoms with Crippen molar-refractivity contribution >= 4 is 23.3 Å². The molecule has 0 spiro atoms. The zero-order valence-corrected chi connectivity index (χ0v) is 12.0. The molecule has 1 fully saturated rings. The molecule has 0 aromatic carbocycles. The van der Waals surface area contributed by atoms with Crippen LogP contribution in [0.25, 0.3) is 0 Å². The van der Waals surface area contributed by atoms with Crippen molar-refractivity contribution in [3.8, 4) is 0 Å². The number of nitrogens with one attached hydrogen (secondary N) is 2. The van der Waals surface area contributed by atoms with Gasteiger partial charge in [-0.3, -0.25) is 0 Å². The molecule has 2 heterocycles. The first-order chi connectivity index (χ1) is 9.50. The molecule has 0 bridgehead atoms. The quantitative estimate of drug-likeness (QED) is 0.790. The van der Waals surface area contributed by atoms with E-state index in [1.807, 2.05) is 6.92 Å². The molecule has 7 heteroatoms. The average molecular weight is 298 g/mol. The normalized spacial score (nSPS) is 23.9. The van der Waals surface area contributed by atoms with E-state index >= 15 is 0 Å². The van der Waals surface area contributed by atoms with Gasteiger partial charge >= 0.3 is 12.0 Å². The molecule has 110 valence electrons. The Labute approximate surface area is 121 Å². The lowest BCUT2D eigenvalue weighted by Gasteiger charge is -2.34. The van der Waals surface area contributed by atoms with E-state index in [-0.39, 0.29) is 0 Å². The SMILES string of the molecule is CC1(NC(=O)NC(C(=O)O)c2cccs2)CCCOC1. The van der Waals surface area contributed by atoms with Crippen LogP contribution >= 0.6 is 11.3 Å². The second-order valence-electron chi connectivity index (χ2n) is 5.10. The third kappa shape index (κ3) is 3.71. The maximum atomic E-state index is 12.0. The van der Waals surface area contributed by atoms with Crippen molar-refractivity contribution in [3.63, 3.8) is 0 Å². The van der Waals surface area contributed by atoms with Gasteiger partial charge in [0.05, 0.1) is 12.1 Å². The predicted molar refractivity (Wildman–Crippen MR) is 74.8 cm³/mol. The van der Waals surface area contributed by atoms with E-state index in [4.69, 9.17) is 4.74 Å². The smallest absolute Gasteiger partial charge is 0.331 e. The molecule has 3 N–H and O–H groups in total. The number of ether oxygens (including phenoxy) is 1. The van der Waals surface area contributed by atoms with Crippen molar-refractivity contribution in [1.82, 2.24) is 10.6 Å². The fourth-order valence-electron chi connectivity index (χ4n) is 2.18. The molecule has 0 radical (unpaired) electrons. The molecular weight excluding hydrogens is 280 g/mol. The first kappa shape index (κ1) is 14.8. The van der Waals surface area contributed by atoms with E-state index in [1.54, 1.807) is 17.5 Å². The van der Waals surface area contributed by atoms with Crippen LogP contribution in [0.4, 0.5) is 4.79 Å². The Morgan fingerprint density at radius 1 is 1.55 bits per heavy atom. The Hall–Kier alpha value is -1.60. The maximum absolute atomic E-state index is 12.0. The van der Waals surface area contributed by atoms with Crippen LogP contribution in [0.3, 0.4) is 0 Å². The topological polar surface area (TPSA) is 87.7 Å². The summed E-state index contributed by atoms with van der Waals surface area (Å²) in [5.41, 5.74) is -0.444. The van der Waals surface area contributed by atoms with Crippen LogP contribution < -0.4 is 10.6 Å². The van der Waals surface area contributed by atoms with E-state index in [2.05, 4.69) is 10.6 Å². The highest BCUT2D eigenvalue weighted by molar-refractivity contribution is 7.10. The number of urea groups is 1. The van der Waals surface area contributed by atoms with Crippen molar-refractivity contribution < 1.29 is 19.4 Å². The van der Waals surface area contributed by atoms with E-state index in [0.717, 1.165) is 12.8 Å². The van der Waals surface area contributed by atoms with Gasteiger partial charge in [-0.1, -0.05) is 6.07 Å². The average Bonchev–Trinajstić information content (AvgIpc) is 2.89. The zero-order chi connectivity index (χ0) is 14.6. The number of carbonyl (C=O) groups excluding carboxylic acids is 1. The minimum absolute atomic E-state index is 0.442. The minimum atomic E-state index is -1.08.